The van der Waals surface area contributed by atoms with E-state index in [-0.39, 0.29) is 31.7 Å². The molecule has 0 saturated heterocycles. The van der Waals surface area contributed by atoms with Gasteiger partial charge in [0.05, 0.1) is 12.7 Å². The molecule has 0 aliphatic carbocycles. The molecule has 118 valence electrons. The van der Waals surface area contributed by atoms with Crippen LogP contribution in [-0.4, -0.2) is 44.0 Å². The molecule has 0 aliphatic heterocycles. The number of rotatable bonds is 7. The van der Waals surface area contributed by atoms with E-state index in [1.165, 1.54) is 7.11 Å². The summed E-state index contributed by atoms with van der Waals surface area (Å²) < 4.78 is 43.3. The summed E-state index contributed by atoms with van der Waals surface area (Å²) in [5, 5.41) is 14.1. The van der Waals surface area contributed by atoms with Gasteiger partial charge in [0.1, 0.15) is 0 Å². The molecule has 1 atom stereocenters. The summed E-state index contributed by atoms with van der Waals surface area (Å²) in [5.74, 6) is -4.05. The quantitative estimate of drug-likeness (QED) is 0.657. The monoisotopic (exact) mass is 306 g/mol. The highest BCUT2D eigenvalue weighted by molar-refractivity contribution is 5.73. The van der Waals surface area contributed by atoms with Crippen molar-refractivity contribution >= 4 is 6.03 Å². The molecule has 2 amide bonds. The number of benzene rings is 1. The second-order valence-corrected chi connectivity index (χ2v) is 4.37. The summed E-state index contributed by atoms with van der Waals surface area (Å²) in [6, 6.07) is 1.22. The Morgan fingerprint density at radius 2 is 1.90 bits per heavy atom. The third kappa shape index (κ3) is 6.01. The van der Waals surface area contributed by atoms with Crippen LogP contribution in [0.25, 0.3) is 0 Å². The maximum absolute atomic E-state index is 13.0. The van der Waals surface area contributed by atoms with Gasteiger partial charge in [0.15, 0.2) is 17.5 Å². The van der Waals surface area contributed by atoms with Crippen molar-refractivity contribution in [1.82, 2.24) is 10.6 Å². The van der Waals surface area contributed by atoms with E-state index < -0.39 is 29.6 Å². The topological polar surface area (TPSA) is 70.6 Å². The highest BCUT2D eigenvalue weighted by Gasteiger charge is 2.11. The van der Waals surface area contributed by atoms with Gasteiger partial charge in [-0.25, -0.2) is 18.0 Å². The molecule has 0 radical (unpaired) electrons. The molecule has 8 heteroatoms. The zero-order chi connectivity index (χ0) is 15.8. The number of methoxy groups -OCH3 is 1. The number of aliphatic hydroxyl groups excluding tert-OH is 1. The van der Waals surface area contributed by atoms with Crippen LogP contribution in [0, 0.1) is 17.5 Å². The smallest absolute Gasteiger partial charge is 0.314 e. The van der Waals surface area contributed by atoms with Gasteiger partial charge in [-0.1, -0.05) is 0 Å². The molecule has 1 unspecified atom stereocenters. The minimum absolute atomic E-state index is 0.0134. The molecule has 0 spiro atoms. The van der Waals surface area contributed by atoms with Gasteiger partial charge in [-0.15, -0.1) is 0 Å². The molecule has 1 rings (SSSR count). The highest BCUT2D eigenvalue weighted by atomic mass is 19.2. The van der Waals surface area contributed by atoms with Crippen molar-refractivity contribution in [3.63, 3.8) is 0 Å². The predicted molar refractivity (Wildman–Crippen MR) is 69.3 cm³/mol. The lowest BCUT2D eigenvalue weighted by atomic mass is 10.1. The van der Waals surface area contributed by atoms with Gasteiger partial charge in [0.25, 0.3) is 0 Å². The molecule has 5 nitrogen and oxygen atoms in total. The Bertz CT molecular complexity index is 463. The normalized spacial score (nSPS) is 12.0. The fourth-order valence-corrected chi connectivity index (χ4v) is 1.60. The number of ether oxygens (including phenoxy) is 1. The second kappa shape index (κ2) is 8.48. The van der Waals surface area contributed by atoms with Crippen LogP contribution in [0.3, 0.4) is 0 Å². The molecule has 1 aromatic rings. The van der Waals surface area contributed by atoms with Gasteiger partial charge < -0.3 is 20.5 Å². The maximum atomic E-state index is 13.0. The van der Waals surface area contributed by atoms with E-state index in [2.05, 4.69) is 15.4 Å². The third-order valence-electron chi connectivity index (χ3n) is 2.60. The Kier molecular flexibility index (Phi) is 6.97. The van der Waals surface area contributed by atoms with Crippen LogP contribution in [0.2, 0.25) is 0 Å². The number of halogens is 3. The first-order valence-corrected chi connectivity index (χ1v) is 6.26. The minimum Gasteiger partial charge on any atom is -0.389 e. The number of hydrogen-bond acceptors (Lipinski definition) is 3. The number of aliphatic hydroxyl groups is 1. The van der Waals surface area contributed by atoms with Crippen LogP contribution in [-0.2, 0) is 11.2 Å². The highest BCUT2D eigenvalue weighted by Crippen LogP contribution is 2.13. The Morgan fingerprint density at radius 1 is 1.29 bits per heavy atom. The van der Waals surface area contributed by atoms with Crippen molar-refractivity contribution in [2.75, 3.05) is 26.8 Å². The maximum Gasteiger partial charge on any atom is 0.314 e. The van der Waals surface area contributed by atoms with Crippen LogP contribution < -0.4 is 10.6 Å². The first-order valence-electron chi connectivity index (χ1n) is 6.26. The van der Waals surface area contributed by atoms with Crippen LogP contribution in [0.15, 0.2) is 12.1 Å². The lowest BCUT2D eigenvalue weighted by molar-refractivity contribution is 0.0660. The molecule has 3 N–H and O–H groups in total. The molecule has 0 aromatic heterocycles. The molecular formula is C13H17F3N2O3. The predicted octanol–water partition coefficient (Wildman–Crippen LogP) is 0.953. The van der Waals surface area contributed by atoms with Gasteiger partial charge in [0, 0.05) is 20.2 Å². The lowest BCUT2D eigenvalue weighted by Gasteiger charge is -2.11. The molecule has 0 bridgehead atoms. The summed E-state index contributed by atoms with van der Waals surface area (Å²) in [5.41, 5.74) is 0.228. The molecule has 1 aromatic carbocycles. The minimum atomic E-state index is -1.52. The number of amides is 2. The summed E-state index contributed by atoms with van der Waals surface area (Å²) in [6.07, 6.45) is -0.677. The SMILES string of the molecule is COCC(O)CNC(=O)NCCc1cc(F)c(F)c(F)c1. The van der Waals surface area contributed by atoms with Gasteiger partial charge >= 0.3 is 6.03 Å². The average molecular weight is 306 g/mol. The fourth-order valence-electron chi connectivity index (χ4n) is 1.60. The zero-order valence-electron chi connectivity index (χ0n) is 11.5. The van der Waals surface area contributed by atoms with E-state index in [0.29, 0.717) is 0 Å². The average Bonchev–Trinajstić information content (AvgIpc) is 2.43. The van der Waals surface area contributed by atoms with Crippen LogP contribution in [0.1, 0.15) is 5.56 Å². The van der Waals surface area contributed by atoms with Crippen molar-refractivity contribution in [3.05, 3.63) is 35.1 Å². The lowest BCUT2D eigenvalue weighted by Crippen LogP contribution is -2.41. The van der Waals surface area contributed by atoms with E-state index in [0.717, 1.165) is 12.1 Å². The standard InChI is InChI=1S/C13H17F3N2O3/c1-21-7-9(19)6-18-13(20)17-3-2-8-4-10(14)12(16)11(15)5-8/h4-5,9,19H,2-3,6-7H2,1H3,(H2,17,18,20). The Hall–Kier alpha value is -1.80. The van der Waals surface area contributed by atoms with E-state index in [9.17, 15) is 23.1 Å². The van der Waals surface area contributed by atoms with Crippen molar-refractivity contribution < 1.29 is 27.8 Å². The summed E-state index contributed by atoms with van der Waals surface area (Å²) in [4.78, 5) is 11.3. The van der Waals surface area contributed by atoms with E-state index >= 15 is 0 Å². The number of carbonyl (C=O) groups excluding carboxylic acids is 1. The third-order valence-corrected chi connectivity index (χ3v) is 2.60. The van der Waals surface area contributed by atoms with Gasteiger partial charge in [0.2, 0.25) is 0 Å². The number of hydrogen-bond donors (Lipinski definition) is 3. The van der Waals surface area contributed by atoms with Gasteiger partial charge in [-0.2, -0.15) is 0 Å². The number of urea groups is 1. The van der Waals surface area contributed by atoms with E-state index in [1.54, 1.807) is 0 Å². The van der Waals surface area contributed by atoms with Crippen LogP contribution in [0.4, 0.5) is 18.0 Å². The molecule has 0 fully saturated rings. The van der Waals surface area contributed by atoms with Crippen molar-refractivity contribution in [3.8, 4) is 0 Å². The van der Waals surface area contributed by atoms with Crippen molar-refractivity contribution in [1.29, 1.82) is 0 Å². The zero-order valence-corrected chi connectivity index (χ0v) is 11.5. The molecule has 0 heterocycles. The van der Waals surface area contributed by atoms with Crippen molar-refractivity contribution in [2.24, 2.45) is 0 Å². The Morgan fingerprint density at radius 3 is 2.48 bits per heavy atom. The summed E-state index contributed by atoms with van der Waals surface area (Å²) >= 11 is 0. The summed E-state index contributed by atoms with van der Waals surface area (Å²) in [6.45, 7) is 0.213. The van der Waals surface area contributed by atoms with E-state index in [4.69, 9.17) is 0 Å². The van der Waals surface area contributed by atoms with Crippen LogP contribution >= 0.6 is 0 Å². The Balaban J connectivity index is 2.32. The summed E-state index contributed by atoms with van der Waals surface area (Å²) in [7, 11) is 1.42. The molecule has 0 aliphatic rings. The fraction of sp³-hybridized carbons (Fsp3) is 0.462. The Labute approximate surface area is 120 Å². The first-order chi connectivity index (χ1) is 9.93. The number of carbonyl (C=O) groups is 1. The molecule has 0 saturated carbocycles. The van der Waals surface area contributed by atoms with Crippen molar-refractivity contribution in [2.45, 2.75) is 12.5 Å². The second-order valence-electron chi connectivity index (χ2n) is 4.37. The number of nitrogens with one attached hydrogen (secondary N) is 2. The van der Waals surface area contributed by atoms with E-state index in [1.807, 2.05) is 0 Å². The molecular weight excluding hydrogens is 289 g/mol. The molecule has 21 heavy (non-hydrogen) atoms. The first kappa shape index (κ1) is 17.3. The van der Waals surface area contributed by atoms with Crippen LogP contribution in [0.5, 0.6) is 0 Å². The van der Waals surface area contributed by atoms with Gasteiger partial charge in [-0.3, -0.25) is 0 Å². The largest absolute Gasteiger partial charge is 0.389 e. The van der Waals surface area contributed by atoms with Gasteiger partial charge in [-0.05, 0) is 24.1 Å².